The first-order valence-electron chi connectivity index (χ1n) is 9.65. The first-order valence-corrected chi connectivity index (χ1v) is 9.65. The number of rotatable bonds is 10. The fraction of sp³-hybridized carbons (Fsp3) is 0.524. The molecule has 1 amide bonds. The quantitative estimate of drug-likeness (QED) is 0.495. The molecule has 1 heterocycles. The van der Waals surface area contributed by atoms with Crippen LogP contribution in [0.25, 0.3) is 10.9 Å². The maximum atomic E-state index is 12.9. The Bertz CT molecular complexity index is 767. The summed E-state index contributed by atoms with van der Waals surface area (Å²) in [5.41, 5.74) is 1.55. The minimum atomic E-state index is -0.677. The van der Waals surface area contributed by atoms with Crippen LogP contribution in [0.5, 0.6) is 0 Å². The molecule has 0 bridgehead atoms. The highest BCUT2D eigenvalue weighted by Gasteiger charge is 2.27. The maximum Gasteiger partial charge on any atom is 0.328 e. The molecule has 1 aromatic carbocycles. The molecule has 0 saturated heterocycles. The average molecular weight is 374 g/mol. The third-order valence-electron chi connectivity index (χ3n) is 4.58. The van der Waals surface area contributed by atoms with E-state index in [-0.39, 0.29) is 25.0 Å². The Balaban J connectivity index is 2.23. The van der Waals surface area contributed by atoms with E-state index in [1.165, 1.54) is 0 Å². The number of carbonyl (C=O) groups is 2. The molecule has 6 nitrogen and oxygen atoms in total. The van der Waals surface area contributed by atoms with Crippen LogP contribution in [0.15, 0.2) is 30.5 Å². The largest absolute Gasteiger partial charge is 0.464 e. The van der Waals surface area contributed by atoms with Gasteiger partial charge >= 0.3 is 5.97 Å². The summed E-state index contributed by atoms with van der Waals surface area (Å²) in [6.45, 7) is 6.77. The molecule has 2 rings (SSSR count). The number of aliphatic hydroxyl groups is 1. The summed E-state index contributed by atoms with van der Waals surface area (Å²) in [4.78, 5) is 25.1. The Morgan fingerprint density at radius 1 is 1.19 bits per heavy atom. The van der Waals surface area contributed by atoms with E-state index < -0.39 is 12.0 Å². The Morgan fingerprint density at radius 3 is 2.59 bits per heavy atom. The van der Waals surface area contributed by atoms with Crippen molar-refractivity contribution in [2.24, 2.45) is 5.92 Å². The van der Waals surface area contributed by atoms with Crippen molar-refractivity contribution < 1.29 is 19.4 Å². The summed E-state index contributed by atoms with van der Waals surface area (Å²) in [6.07, 6.45) is 4.49. The van der Waals surface area contributed by atoms with Crippen LogP contribution >= 0.6 is 0 Å². The van der Waals surface area contributed by atoms with Crippen LogP contribution in [0.1, 0.15) is 50.4 Å². The standard InChI is InChI=1S/C21H30N2O4/c1-4-27-21(26)19(15(2)3)22-20(25)17-14-23(12-8-5-9-13-24)18-11-7-6-10-16(17)18/h6-7,10-11,14-15,19,24H,4-5,8-9,12-13H2,1-3H3,(H,22,25)/t19-/m0/s1. The lowest BCUT2D eigenvalue weighted by Crippen LogP contribution is -2.45. The monoisotopic (exact) mass is 374 g/mol. The van der Waals surface area contributed by atoms with Crippen molar-refractivity contribution in [3.8, 4) is 0 Å². The van der Waals surface area contributed by atoms with Crippen molar-refractivity contribution in [2.45, 2.75) is 52.6 Å². The number of amides is 1. The first-order chi connectivity index (χ1) is 13.0. The van der Waals surface area contributed by atoms with Gasteiger partial charge in [0.2, 0.25) is 0 Å². The second kappa shape index (κ2) is 10.1. The van der Waals surface area contributed by atoms with Crippen molar-refractivity contribution in [1.29, 1.82) is 0 Å². The number of hydrogen-bond donors (Lipinski definition) is 2. The van der Waals surface area contributed by atoms with Gasteiger partial charge in [0.25, 0.3) is 5.91 Å². The molecule has 148 valence electrons. The molecule has 1 aromatic heterocycles. The van der Waals surface area contributed by atoms with E-state index in [1.807, 2.05) is 44.3 Å². The van der Waals surface area contributed by atoms with Crippen LogP contribution in [0, 0.1) is 5.92 Å². The molecule has 0 radical (unpaired) electrons. The van der Waals surface area contributed by atoms with Gasteiger partial charge in [-0.15, -0.1) is 0 Å². The summed E-state index contributed by atoms with van der Waals surface area (Å²) in [6, 6.07) is 7.08. The molecule has 0 aliphatic carbocycles. The highest BCUT2D eigenvalue weighted by molar-refractivity contribution is 6.08. The minimum Gasteiger partial charge on any atom is -0.464 e. The van der Waals surface area contributed by atoms with Gasteiger partial charge in [-0.3, -0.25) is 4.79 Å². The summed E-state index contributed by atoms with van der Waals surface area (Å²) in [7, 11) is 0. The van der Waals surface area contributed by atoms with Gasteiger partial charge in [0.1, 0.15) is 6.04 Å². The van der Waals surface area contributed by atoms with E-state index in [4.69, 9.17) is 9.84 Å². The number of para-hydroxylation sites is 1. The molecule has 0 fully saturated rings. The number of esters is 1. The second-order valence-corrected chi connectivity index (χ2v) is 6.98. The lowest BCUT2D eigenvalue weighted by Gasteiger charge is -2.20. The van der Waals surface area contributed by atoms with E-state index in [1.54, 1.807) is 6.92 Å². The van der Waals surface area contributed by atoms with Crippen molar-refractivity contribution >= 4 is 22.8 Å². The number of ether oxygens (including phenoxy) is 1. The summed E-state index contributed by atoms with van der Waals surface area (Å²) in [5, 5.41) is 12.6. The Hall–Kier alpha value is -2.34. The van der Waals surface area contributed by atoms with Gasteiger partial charge in [0.05, 0.1) is 12.2 Å². The number of aryl methyl sites for hydroxylation is 1. The van der Waals surface area contributed by atoms with E-state index in [9.17, 15) is 9.59 Å². The number of nitrogens with one attached hydrogen (secondary N) is 1. The van der Waals surface area contributed by atoms with Crippen LogP contribution < -0.4 is 5.32 Å². The molecule has 0 aliphatic rings. The van der Waals surface area contributed by atoms with Crippen LogP contribution in [0.4, 0.5) is 0 Å². The van der Waals surface area contributed by atoms with Crippen LogP contribution in [-0.4, -0.2) is 40.8 Å². The number of aromatic nitrogens is 1. The highest BCUT2D eigenvalue weighted by atomic mass is 16.5. The van der Waals surface area contributed by atoms with Gasteiger partial charge in [-0.05, 0) is 38.2 Å². The molecule has 6 heteroatoms. The molecular formula is C21H30N2O4. The van der Waals surface area contributed by atoms with E-state index >= 15 is 0 Å². The van der Waals surface area contributed by atoms with Crippen molar-refractivity contribution in [1.82, 2.24) is 9.88 Å². The molecule has 0 aliphatic heterocycles. The van der Waals surface area contributed by atoms with Gasteiger partial charge in [0.15, 0.2) is 0 Å². The van der Waals surface area contributed by atoms with Crippen molar-refractivity contribution in [2.75, 3.05) is 13.2 Å². The molecule has 27 heavy (non-hydrogen) atoms. The number of fused-ring (bicyclic) bond motifs is 1. The Labute approximate surface area is 160 Å². The predicted octanol–water partition coefficient (Wildman–Crippen LogP) is 3.12. The SMILES string of the molecule is CCOC(=O)[C@@H](NC(=O)c1cn(CCCCCO)c2ccccc12)C(C)C. The minimum absolute atomic E-state index is 0.0696. The predicted molar refractivity (Wildman–Crippen MR) is 106 cm³/mol. The molecule has 0 unspecified atom stereocenters. The van der Waals surface area contributed by atoms with Crippen LogP contribution in [-0.2, 0) is 16.1 Å². The highest BCUT2D eigenvalue weighted by Crippen LogP contribution is 2.22. The van der Waals surface area contributed by atoms with E-state index in [0.29, 0.717) is 5.56 Å². The Morgan fingerprint density at radius 2 is 1.93 bits per heavy atom. The zero-order valence-corrected chi connectivity index (χ0v) is 16.4. The first kappa shape index (κ1) is 21.0. The van der Waals surface area contributed by atoms with E-state index in [0.717, 1.165) is 36.7 Å². The van der Waals surface area contributed by atoms with Gasteiger partial charge in [-0.1, -0.05) is 32.0 Å². The number of nitrogens with zero attached hydrogens (tertiary/aromatic N) is 1. The normalized spacial score (nSPS) is 12.3. The summed E-state index contributed by atoms with van der Waals surface area (Å²) >= 11 is 0. The van der Waals surface area contributed by atoms with Gasteiger partial charge in [-0.25, -0.2) is 4.79 Å². The second-order valence-electron chi connectivity index (χ2n) is 6.98. The summed E-state index contributed by atoms with van der Waals surface area (Å²) in [5.74, 6) is -0.750. The molecule has 2 N–H and O–H groups in total. The lowest BCUT2D eigenvalue weighted by atomic mass is 10.0. The Kier molecular flexibility index (Phi) is 7.85. The third-order valence-corrected chi connectivity index (χ3v) is 4.58. The topological polar surface area (TPSA) is 80.6 Å². The zero-order chi connectivity index (χ0) is 19.8. The van der Waals surface area contributed by atoms with Crippen molar-refractivity contribution in [3.05, 3.63) is 36.0 Å². The smallest absolute Gasteiger partial charge is 0.328 e. The zero-order valence-electron chi connectivity index (χ0n) is 16.4. The molecule has 0 spiro atoms. The fourth-order valence-corrected chi connectivity index (χ4v) is 3.13. The van der Waals surface area contributed by atoms with Gasteiger partial charge in [0, 0.05) is 30.3 Å². The molecule has 0 saturated carbocycles. The van der Waals surface area contributed by atoms with Crippen LogP contribution in [0.3, 0.4) is 0 Å². The molecule has 2 aromatic rings. The third kappa shape index (κ3) is 5.32. The molecular weight excluding hydrogens is 344 g/mol. The fourth-order valence-electron chi connectivity index (χ4n) is 3.13. The van der Waals surface area contributed by atoms with Crippen LogP contribution in [0.2, 0.25) is 0 Å². The maximum absolute atomic E-state index is 12.9. The number of benzene rings is 1. The van der Waals surface area contributed by atoms with Crippen molar-refractivity contribution in [3.63, 3.8) is 0 Å². The number of unbranched alkanes of at least 4 members (excludes halogenated alkanes) is 2. The van der Waals surface area contributed by atoms with Gasteiger partial charge in [-0.2, -0.15) is 0 Å². The number of hydrogen-bond acceptors (Lipinski definition) is 4. The summed E-state index contributed by atoms with van der Waals surface area (Å²) < 4.78 is 7.16. The van der Waals surface area contributed by atoms with Gasteiger partial charge < -0.3 is 19.7 Å². The molecule has 1 atom stereocenters. The average Bonchev–Trinajstić information content (AvgIpc) is 3.02. The van der Waals surface area contributed by atoms with E-state index in [2.05, 4.69) is 9.88 Å². The number of carbonyl (C=O) groups excluding carboxylic acids is 2. The number of aliphatic hydroxyl groups excluding tert-OH is 1. The lowest BCUT2D eigenvalue weighted by molar-refractivity contribution is -0.146.